The number of hydrogen-bond donors (Lipinski definition) is 0. The summed E-state index contributed by atoms with van der Waals surface area (Å²) >= 11 is 5.18. The fraction of sp³-hybridized carbons (Fsp3) is 0.0667. The van der Waals surface area contributed by atoms with Crippen LogP contribution in [0.15, 0.2) is 76.0 Å². The van der Waals surface area contributed by atoms with E-state index in [1.165, 1.54) is 0 Å². The van der Waals surface area contributed by atoms with Crippen LogP contribution in [-0.2, 0) is 0 Å². The Morgan fingerprint density at radius 1 is 1.00 bits per heavy atom. The van der Waals surface area contributed by atoms with Gasteiger partial charge >= 0.3 is 0 Å². The second kappa shape index (κ2) is 5.71. The first-order valence-corrected chi connectivity index (χ1v) is 6.63. The fourth-order valence-corrected chi connectivity index (χ4v) is 2.11. The molecule has 0 amide bonds. The molecule has 0 bridgehead atoms. The topological polar surface area (TPSA) is 40.3 Å². The van der Waals surface area contributed by atoms with Gasteiger partial charge in [0.05, 0.1) is 6.21 Å². The van der Waals surface area contributed by atoms with E-state index in [0.717, 1.165) is 11.1 Å². The maximum Gasteiger partial charge on any atom is 0.238 e. The first-order chi connectivity index (χ1) is 9.84. The van der Waals surface area contributed by atoms with E-state index >= 15 is 0 Å². The number of thiocarbonyl (C=S) groups is 1. The molecule has 1 aliphatic heterocycles. The lowest BCUT2D eigenvalue weighted by Crippen LogP contribution is -2.21. The van der Waals surface area contributed by atoms with Gasteiger partial charge in [-0.05, 0) is 17.8 Å². The summed E-state index contributed by atoms with van der Waals surface area (Å²) in [6.07, 6.45) is 1.49. The lowest BCUT2D eigenvalue weighted by atomic mass is 10.2. The molecule has 2 aromatic rings. The molecule has 4 nitrogen and oxygen atoms in total. The summed E-state index contributed by atoms with van der Waals surface area (Å²) in [5.74, 6) is 0. The predicted molar refractivity (Wildman–Crippen MR) is 82.5 cm³/mol. The van der Waals surface area contributed by atoms with E-state index < -0.39 is 0 Å². The van der Waals surface area contributed by atoms with Crippen LogP contribution < -0.4 is 0 Å². The Morgan fingerprint density at radius 2 is 1.65 bits per heavy atom. The van der Waals surface area contributed by atoms with Crippen molar-refractivity contribution in [2.24, 2.45) is 15.3 Å². The summed E-state index contributed by atoms with van der Waals surface area (Å²) in [6.45, 7) is 0. The summed E-state index contributed by atoms with van der Waals surface area (Å²) < 4.78 is 0. The summed E-state index contributed by atoms with van der Waals surface area (Å²) in [7, 11) is 0. The largest absolute Gasteiger partial charge is 0.238 e. The molecule has 0 aromatic heterocycles. The number of azo groups is 1. The van der Waals surface area contributed by atoms with Gasteiger partial charge in [-0.15, -0.1) is 5.11 Å². The van der Waals surface area contributed by atoms with Crippen LogP contribution in [0.1, 0.15) is 17.3 Å². The fourth-order valence-electron chi connectivity index (χ4n) is 1.92. The van der Waals surface area contributed by atoms with E-state index in [1.54, 1.807) is 11.2 Å². The molecule has 2 aromatic carbocycles. The van der Waals surface area contributed by atoms with Crippen molar-refractivity contribution in [1.29, 1.82) is 0 Å². The predicted octanol–water partition coefficient (Wildman–Crippen LogP) is 3.77. The van der Waals surface area contributed by atoms with Gasteiger partial charge in [0, 0.05) is 5.56 Å². The van der Waals surface area contributed by atoms with Crippen LogP contribution in [-0.4, -0.2) is 16.3 Å². The molecule has 0 aliphatic carbocycles. The third kappa shape index (κ3) is 2.62. The van der Waals surface area contributed by atoms with Gasteiger partial charge < -0.3 is 0 Å². The van der Waals surface area contributed by atoms with E-state index in [-0.39, 0.29) is 6.17 Å². The van der Waals surface area contributed by atoms with Crippen LogP contribution >= 0.6 is 12.2 Å². The molecule has 20 heavy (non-hydrogen) atoms. The smallest absolute Gasteiger partial charge is 0.206 e. The molecule has 1 atom stereocenters. The molecule has 1 heterocycles. The van der Waals surface area contributed by atoms with Crippen molar-refractivity contribution in [3.05, 3.63) is 71.8 Å². The van der Waals surface area contributed by atoms with Crippen LogP contribution in [0.5, 0.6) is 0 Å². The van der Waals surface area contributed by atoms with E-state index in [4.69, 9.17) is 12.2 Å². The van der Waals surface area contributed by atoms with Gasteiger partial charge in [-0.25, -0.2) is 5.01 Å². The molecule has 0 spiro atoms. The highest BCUT2D eigenvalue weighted by molar-refractivity contribution is 7.80. The lowest BCUT2D eigenvalue weighted by Gasteiger charge is -2.17. The Morgan fingerprint density at radius 3 is 2.35 bits per heavy atom. The maximum absolute atomic E-state index is 5.18. The van der Waals surface area contributed by atoms with E-state index in [0.29, 0.717) is 5.11 Å². The highest BCUT2D eigenvalue weighted by atomic mass is 32.1. The van der Waals surface area contributed by atoms with Crippen molar-refractivity contribution >= 4 is 23.5 Å². The molecule has 98 valence electrons. The number of rotatable bonds is 3. The first-order valence-electron chi connectivity index (χ1n) is 6.22. The Hall–Kier alpha value is -2.40. The van der Waals surface area contributed by atoms with Crippen LogP contribution in [0.2, 0.25) is 0 Å². The van der Waals surface area contributed by atoms with Crippen molar-refractivity contribution in [2.45, 2.75) is 6.17 Å². The molecule has 3 rings (SSSR count). The Kier molecular flexibility index (Phi) is 3.60. The highest BCUT2D eigenvalue weighted by Gasteiger charge is 2.27. The molecular formula is C15H12N4S. The zero-order valence-electron chi connectivity index (χ0n) is 10.6. The van der Waals surface area contributed by atoms with Crippen molar-refractivity contribution in [1.82, 2.24) is 5.01 Å². The maximum atomic E-state index is 5.18. The van der Waals surface area contributed by atoms with Crippen LogP contribution in [0.3, 0.4) is 0 Å². The zero-order chi connectivity index (χ0) is 13.8. The van der Waals surface area contributed by atoms with Crippen LogP contribution in [0.25, 0.3) is 0 Å². The molecule has 1 aliphatic rings. The number of hydrazone groups is 1. The van der Waals surface area contributed by atoms with Gasteiger partial charge in [-0.3, -0.25) is 0 Å². The lowest BCUT2D eigenvalue weighted by molar-refractivity contribution is 0.367. The SMILES string of the molecule is S=C1N=NC(c2ccccc2)N1N=Cc1ccccc1. The summed E-state index contributed by atoms with van der Waals surface area (Å²) in [5, 5.41) is 14.6. The number of benzene rings is 2. The van der Waals surface area contributed by atoms with Gasteiger partial charge in [-0.2, -0.15) is 10.2 Å². The molecule has 0 N–H and O–H groups in total. The van der Waals surface area contributed by atoms with Crippen molar-refractivity contribution in [3.63, 3.8) is 0 Å². The molecule has 0 saturated heterocycles. The Balaban J connectivity index is 1.84. The minimum Gasteiger partial charge on any atom is -0.206 e. The van der Waals surface area contributed by atoms with Gasteiger partial charge in [0.15, 0.2) is 6.17 Å². The van der Waals surface area contributed by atoms with Crippen molar-refractivity contribution in [3.8, 4) is 0 Å². The van der Waals surface area contributed by atoms with Gasteiger partial charge in [0.25, 0.3) is 0 Å². The van der Waals surface area contributed by atoms with Gasteiger partial charge in [-0.1, -0.05) is 60.7 Å². The zero-order valence-corrected chi connectivity index (χ0v) is 11.4. The van der Waals surface area contributed by atoms with Gasteiger partial charge in [0.1, 0.15) is 0 Å². The molecule has 1 unspecified atom stereocenters. The number of hydrogen-bond acceptors (Lipinski definition) is 3. The van der Waals surface area contributed by atoms with Crippen molar-refractivity contribution in [2.75, 3.05) is 0 Å². The average Bonchev–Trinajstić information content (AvgIpc) is 2.88. The van der Waals surface area contributed by atoms with Crippen molar-refractivity contribution < 1.29 is 0 Å². The summed E-state index contributed by atoms with van der Waals surface area (Å²) in [6, 6.07) is 19.7. The molecule has 0 saturated carbocycles. The monoisotopic (exact) mass is 280 g/mol. The minimum absolute atomic E-state index is 0.274. The summed E-state index contributed by atoms with van der Waals surface area (Å²) in [5.41, 5.74) is 2.02. The van der Waals surface area contributed by atoms with E-state index in [2.05, 4.69) is 15.3 Å². The molecule has 5 heteroatoms. The highest BCUT2D eigenvalue weighted by Crippen LogP contribution is 2.28. The van der Waals surface area contributed by atoms with Crippen LogP contribution in [0, 0.1) is 0 Å². The second-order valence-corrected chi connectivity index (χ2v) is 4.65. The molecule has 0 radical (unpaired) electrons. The summed E-state index contributed by atoms with van der Waals surface area (Å²) in [4.78, 5) is 0. The minimum atomic E-state index is -0.274. The quantitative estimate of drug-likeness (QED) is 0.634. The Labute approximate surface area is 122 Å². The normalized spacial score (nSPS) is 18.1. The molecule has 0 fully saturated rings. The second-order valence-electron chi connectivity index (χ2n) is 4.28. The standard InChI is InChI=1S/C15H12N4S/c20-15-18-17-14(13-9-5-2-6-10-13)19(15)16-11-12-7-3-1-4-8-12/h1-11,14H. The van der Waals surface area contributed by atoms with Crippen LogP contribution in [0.4, 0.5) is 0 Å². The first kappa shape index (κ1) is 12.6. The van der Waals surface area contributed by atoms with Gasteiger partial charge in [0.2, 0.25) is 5.11 Å². The number of nitrogens with zero attached hydrogens (tertiary/aromatic N) is 4. The Bertz CT molecular complexity index is 652. The van der Waals surface area contributed by atoms with E-state index in [1.807, 2.05) is 60.7 Å². The average molecular weight is 280 g/mol. The third-order valence-electron chi connectivity index (χ3n) is 2.91. The van der Waals surface area contributed by atoms with E-state index in [9.17, 15) is 0 Å². The third-order valence-corrected chi connectivity index (χ3v) is 3.18. The molecular weight excluding hydrogens is 268 g/mol.